The molecule has 7 nitrogen and oxygen atoms in total. The third kappa shape index (κ3) is 4.72. The summed E-state index contributed by atoms with van der Waals surface area (Å²) in [6.45, 7) is 1.94. The Labute approximate surface area is 182 Å². The van der Waals surface area contributed by atoms with Crippen molar-refractivity contribution in [2.75, 3.05) is 26.1 Å². The molecule has 0 unspecified atom stereocenters. The molecule has 3 rings (SSSR count). The molecule has 1 aromatic carbocycles. The van der Waals surface area contributed by atoms with Gasteiger partial charge in [-0.1, -0.05) is 11.6 Å². The molecule has 0 saturated carbocycles. The van der Waals surface area contributed by atoms with Crippen molar-refractivity contribution >= 4 is 40.5 Å². The number of benzene rings is 1. The van der Waals surface area contributed by atoms with E-state index in [1.807, 2.05) is 6.07 Å². The van der Waals surface area contributed by atoms with Crippen LogP contribution in [0.4, 0.5) is 5.69 Å². The fourth-order valence-electron chi connectivity index (χ4n) is 2.67. The number of amides is 1. The average Bonchev–Trinajstić information content (AvgIpc) is 3.17. The number of ether oxygens (including phenoxy) is 3. The first-order valence-electron chi connectivity index (χ1n) is 8.93. The summed E-state index contributed by atoms with van der Waals surface area (Å²) in [7, 11) is 3.10. The summed E-state index contributed by atoms with van der Waals surface area (Å²) in [6, 6.07) is 10.2. The van der Waals surface area contributed by atoms with Crippen molar-refractivity contribution < 1.29 is 23.8 Å². The lowest BCUT2D eigenvalue weighted by molar-refractivity contribution is 0.0533. The standard InChI is InChI=1S/C21H19ClN2O5S/c1-4-29-21(26)19-14(24-20(25)13-6-8-18(22)23-11-13)10-17(30-19)12-5-7-15(27-2)16(9-12)28-3/h5-11H,4H2,1-3H3,(H,24,25). The molecular formula is C21H19ClN2O5S. The van der Waals surface area contributed by atoms with Crippen molar-refractivity contribution in [1.82, 2.24) is 4.98 Å². The molecule has 2 heterocycles. The molecule has 2 aromatic heterocycles. The van der Waals surface area contributed by atoms with Gasteiger partial charge in [0.2, 0.25) is 0 Å². The Morgan fingerprint density at radius 1 is 1.10 bits per heavy atom. The van der Waals surface area contributed by atoms with Gasteiger partial charge in [-0.05, 0) is 48.9 Å². The van der Waals surface area contributed by atoms with Crippen LogP contribution < -0.4 is 14.8 Å². The number of rotatable bonds is 7. The number of esters is 1. The Bertz CT molecular complexity index is 1070. The first-order chi connectivity index (χ1) is 14.5. The Hall–Kier alpha value is -3.10. The lowest BCUT2D eigenvalue weighted by Gasteiger charge is -2.08. The molecule has 156 valence electrons. The van der Waals surface area contributed by atoms with Crippen LogP contribution in [0.15, 0.2) is 42.6 Å². The predicted octanol–water partition coefficient (Wildman–Crippen LogP) is 4.91. The Kier molecular flexibility index (Phi) is 6.91. The lowest BCUT2D eigenvalue weighted by Crippen LogP contribution is -2.14. The molecule has 3 aromatic rings. The third-order valence-corrected chi connectivity index (χ3v) is 5.49. The van der Waals surface area contributed by atoms with Gasteiger partial charge in [-0.3, -0.25) is 4.79 Å². The fourth-order valence-corrected chi connectivity index (χ4v) is 3.78. The minimum atomic E-state index is -0.515. The van der Waals surface area contributed by atoms with Gasteiger partial charge in [-0.2, -0.15) is 0 Å². The smallest absolute Gasteiger partial charge is 0.350 e. The molecular weight excluding hydrogens is 428 g/mol. The summed E-state index contributed by atoms with van der Waals surface area (Å²) in [5.41, 5.74) is 1.47. The highest BCUT2D eigenvalue weighted by atomic mass is 35.5. The van der Waals surface area contributed by atoms with Crippen LogP contribution in [0.2, 0.25) is 5.15 Å². The minimum Gasteiger partial charge on any atom is -0.493 e. The van der Waals surface area contributed by atoms with Crippen LogP contribution in [-0.2, 0) is 4.74 Å². The molecule has 1 amide bonds. The molecule has 9 heteroatoms. The van der Waals surface area contributed by atoms with Crippen molar-refractivity contribution in [3.8, 4) is 21.9 Å². The molecule has 0 radical (unpaired) electrons. The second kappa shape index (κ2) is 9.60. The number of aromatic nitrogens is 1. The minimum absolute atomic E-state index is 0.219. The van der Waals surface area contributed by atoms with E-state index in [9.17, 15) is 9.59 Å². The number of nitrogens with one attached hydrogen (secondary N) is 1. The van der Waals surface area contributed by atoms with Crippen LogP contribution in [0.3, 0.4) is 0 Å². The second-order valence-electron chi connectivity index (χ2n) is 5.97. The Morgan fingerprint density at radius 2 is 1.87 bits per heavy atom. The van der Waals surface area contributed by atoms with Gasteiger partial charge in [0.05, 0.1) is 32.1 Å². The van der Waals surface area contributed by atoms with Gasteiger partial charge < -0.3 is 19.5 Å². The summed E-state index contributed by atoms with van der Waals surface area (Å²) in [4.78, 5) is 30.0. The summed E-state index contributed by atoms with van der Waals surface area (Å²) in [5, 5.41) is 3.04. The van der Waals surface area contributed by atoms with Crippen LogP contribution in [0.5, 0.6) is 11.5 Å². The molecule has 30 heavy (non-hydrogen) atoms. The number of carbonyl (C=O) groups excluding carboxylic acids is 2. The third-order valence-electron chi connectivity index (χ3n) is 4.10. The average molecular weight is 447 g/mol. The van der Waals surface area contributed by atoms with E-state index in [1.165, 1.54) is 23.6 Å². The van der Waals surface area contributed by atoms with Crippen molar-refractivity contribution in [3.05, 3.63) is 58.2 Å². The highest BCUT2D eigenvalue weighted by Gasteiger charge is 2.21. The normalized spacial score (nSPS) is 10.4. The maximum atomic E-state index is 12.6. The van der Waals surface area contributed by atoms with E-state index < -0.39 is 11.9 Å². The molecule has 0 bridgehead atoms. The number of hydrogen-bond acceptors (Lipinski definition) is 7. The number of carbonyl (C=O) groups is 2. The molecule has 0 saturated heterocycles. The van der Waals surface area contributed by atoms with Gasteiger partial charge in [0.25, 0.3) is 5.91 Å². The number of nitrogens with zero attached hydrogens (tertiary/aromatic N) is 1. The topological polar surface area (TPSA) is 86.8 Å². The molecule has 0 aliphatic rings. The van der Waals surface area contributed by atoms with E-state index in [2.05, 4.69) is 10.3 Å². The number of methoxy groups -OCH3 is 2. The first kappa shape index (κ1) is 21.6. The summed E-state index contributed by atoms with van der Waals surface area (Å²) < 4.78 is 15.8. The summed E-state index contributed by atoms with van der Waals surface area (Å²) >= 11 is 6.98. The van der Waals surface area contributed by atoms with E-state index >= 15 is 0 Å². The van der Waals surface area contributed by atoms with Crippen molar-refractivity contribution in [3.63, 3.8) is 0 Å². The SMILES string of the molecule is CCOC(=O)c1sc(-c2ccc(OC)c(OC)c2)cc1NC(=O)c1ccc(Cl)nc1. The zero-order valence-corrected chi connectivity index (χ0v) is 18.1. The zero-order chi connectivity index (χ0) is 21.7. The van der Waals surface area contributed by atoms with Gasteiger partial charge in [0, 0.05) is 11.1 Å². The van der Waals surface area contributed by atoms with Crippen molar-refractivity contribution in [2.24, 2.45) is 0 Å². The van der Waals surface area contributed by atoms with E-state index in [1.54, 1.807) is 45.4 Å². The van der Waals surface area contributed by atoms with Crippen molar-refractivity contribution in [2.45, 2.75) is 6.92 Å². The molecule has 0 atom stereocenters. The highest BCUT2D eigenvalue weighted by Crippen LogP contribution is 2.39. The van der Waals surface area contributed by atoms with Crippen LogP contribution in [0.25, 0.3) is 10.4 Å². The zero-order valence-electron chi connectivity index (χ0n) is 16.5. The number of anilines is 1. The fraction of sp³-hybridized carbons (Fsp3) is 0.190. The number of hydrogen-bond donors (Lipinski definition) is 1. The molecule has 0 fully saturated rings. The van der Waals surface area contributed by atoms with Gasteiger partial charge >= 0.3 is 5.97 Å². The van der Waals surface area contributed by atoms with E-state index in [0.29, 0.717) is 22.7 Å². The van der Waals surface area contributed by atoms with Crippen LogP contribution in [-0.4, -0.2) is 37.7 Å². The van der Waals surface area contributed by atoms with Crippen LogP contribution in [0, 0.1) is 0 Å². The second-order valence-corrected chi connectivity index (χ2v) is 7.41. The predicted molar refractivity (Wildman–Crippen MR) is 116 cm³/mol. The molecule has 1 N–H and O–H groups in total. The number of thiophene rings is 1. The van der Waals surface area contributed by atoms with Gasteiger partial charge in [-0.25, -0.2) is 9.78 Å². The highest BCUT2D eigenvalue weighted by molar-refractivity contribution is 7.18. The van der Waals surface area contributed by atoms with Gasteiger partial charge in [-0.15, -0.1) is 11.3 Å². The maximum Gasteiger partial charge on any atom is 0.350 e. The number of pyridine rings is 1. The lowest BCUT2D eigenvalue weighted by atomic mass is 10.1. The van der Waals surface area contributed by atoms with Gasteiger partial charge in [0.15, 0.2) is 11.5 Å². The summed E-state index contributed by atoms with van der Waals surface area (Å²) in [6.07, 6.45) is 1.36. The monoisotopic (exact) mass is 446 g/mol. The molecule has 0 aliphatic heterocycles. The van der Waals surface area contributed by atoms with Crippen LogP contribution in [0.1, 0.15) is 27.0 Å². The quantitative estimate of drug-likeness (QED) is 0.410. The number of halogens is 1. The van der Waals surface area contributed by atoms with E-state index in [4.69, 9.17) is 25.8 Å². The maximum absolute atomic E-state index is 12.6. The van der Waals surface area contributed by atoms with Crippen molar-refractivity contribution in [1.29, 1.82) is 0 Å². The van der Waals surface area contributed by atoms with Gasteiger partial charge in [0.1, 0.15) is 10.0 Å². The molecule has 0 aliphatic carbocycles. The van der Waals surface area contributed by atoms with Crippen LogP contribution >= 0.6 is 22.9 Å². The van der Waals surface area contributed by atoms with E-state index in [-0.39, 0.29) is 16.6 Å². The Balaban J connectivity index is 1.98. The first-order valence-corrected chi connectivity index (χ1v) is 10.1. The summed E-state index contributed by atoms with van der Waals surface area (Å²) in [5.74, 6) is 0.214. The Morgan fingerprint density at radius 3 is 2.50 bits per heavy atom. The van der Waals surface area contributed by atoms with E-state index in [0.717, 1.165) is 10.4 Å². The molecule has 0 spiro atoms. The largest absolute Gasteiger partial charge is 0.493 e.